The summed E-state index contributed by atoms with van der Waals surface area (Å²) in [5.74, 6) is 0.608. The number of benzene rings is 1. The predicted molar refractivity (Wildman–Crippen MR) is 118 cm³/mol. The van der Waals surface area contributed by atoms with Crippen LogP contribution in [-0.4, -0.2) is 36.4 Å². The first-order chi connectivity index (χ1) is 14.2. The van der Waals surface area contributed by atoms with E-state index in [2.05, 4.69) is 15.3 Å². The molecule has 0 radical (unpaired) electrons. The number of hydrogen-bond acceptors (Lipinski definition) is 7. The molecule has 1 saturated heterocycles. The van der Waals surface area contributed by atoms with E-state index in [1.54, 1.807) is 24.6 Å². The highest BCUT2D eigenvalue weighted by atomic mass is 32.2. The summed E-state index contributed by atoms with van der Waals surface area (Å²) in [5, 5.41) is 6.37. The predicted octanol–water partition coefficient (Wildman–Crippen LogP) is 4.08. The van der Waals surface area contributed by atoms with Gasteiger partial charge in [0, 0.05) is 23.6 Å². The largest absolute Gasteiger partial charge is 0.490 e. The fraction of sp³-hybridized carbons (Fsp3) is 0.190. The van der Waals surface area contributed by atoms with Gasteiger partial charge in [0.05, 0.1) is 23.6 Å². The van der Waals surface area contributed by atoms with Crippen molar-refractivity contribution in [2.24, 2.45) is 4.99 Å². The molecule has 1 amide bonds. The van der Waals surface area contributed by atoms with Crippen LogP contribution in [0.15, 0.2) is 57.9 Å². The molecular formula is C21H19N3O3S2. The molecule has 0 atom stereocenters. The summed E-state index contributed by atoms with van der Waals surface area (Å²) in [6.07, 6.45) is 3.58. The van der Waals surface area contributed by atoms with Gasteiger partial charge in [-0.05, 0) is 53.0 Å². The molecular weight excluding hydrogens is 406 g/mol. The van der Waals surface area contributed by atoms with E-state index < -0.39 is 0 Å². The number of carbonyl (C=O) groups excluding carboxylic acids is 1. The zero-order valence-electron chi connectivity index (χ0n) is 15.8. The lowest BCUT2D eigenvalue weighted by atomic mass is 10.1. The number of aliphatic imine (C=N–C) groups is 1. The monoisotopic (exact) mass is 425 g/mol. The van der Waals surface area contributed by atoms with Gasteiger partial charge in [-0.1, -0.05) is 12.1 Å². The molecule has 0 aliphatic carbocycles. The second-order valence-electron chi connectivity index (χ2n) is 6.19. The van der Waals surface area contributed by atoms with E-state index in [1.165, 1.54) is 11.8 Å². The second-order valence-corrected chi connectivity index (χ2v) is 8.26. The zero-order chi connectivity index (χ0) is 20.1. The van der Waals surface area contributed by atoms with Crippen molar-refractivity contribution in [3.05, 3.63) is 63.3 Å². The molecule has 148 valence electrons. The van der Waals surface area contributed by atoms with Crippen LogP contribution >= 0.6 is 23.1 Å². The number of carbonyl (C=O) groups is 1. The smallest absolute Gasteiger partial charge is 0.264 e. The van der Waals surface area contributed by atoms with Crippen LogP contribution in [0.4, 0.5) is 0 Å². The summed E-state index contributed by atoms with van der Waals surface area (Å²) < 4.78 is 10.8. The number of rotatable bonds is 7. The summed E-state index contributed by atoms with van der Waals surface area (Å²) in [6, 6.07) is 11.7. The highest BCUT2D eigenvalue weighted by Crippen LogP contribution is 2.29. The molecule has 1 N–H and O–H groups in total. The maximum absolute atomic E-state index is 12.3. The van der Waals surface area contributed by atoms with Gasteiger partial charge < -0.3 is 14.8 Å². The lowest BCUT2D eigenvalue weighted by molar-refractivity contribution is -0.115. The first-order valence-corrected chi connectivity index (χ1v) is 10.7. The Morgan fingerprint density at radius 3 is 3.00 bits per heavy atom. The number of thioether (sulfide) groups is 1. The van der Waals surface area contributed by atoms with Crippen LogP contribution in [0.5, 0.6) is 5.75 Å². The molecule has 4 rings (SSSR count). The summed E-state index contributed by atoms with van der Waals surface area (Å²) in [5.41, 5.74) is 1.74. The quantitative estimate of drug-likeness (QED) is 0.456. The average Bonchev–Trinajstić information content (AvgIpc) is 3.37. The maximum atomic E-state index is 12.3. The number of nitrogens with zero attached hydrogens (tertiary/aromatic N) is 2. The molecule has 1 aromatic carbocycles. The van der Waals surface area contributed by atoms with Crippen LogP contribution in [0.3, 0.4) is 0 Å². The summed E-state index contributed by atoms with van der Waals surface area (Å²) in [7, 11) is 1.64. The number of ether oxygens (including phenoxy) is 2. The zero-order valence-corrected chi connectivity index (χ0v) is 17.4. The molecule has 1 aliphatic rings. The van der Waals surface area contributed by atoms with Gasteiger partial charge in [0.15, 0.2) is 5.17 Å². The first kappa shape index (κ1) is 19.6. The molecule has 3 aromatic rings. The number of hydrogen-bond donors (Lipinski definition) is 1. The van der Waals surface area contributed by atoms with Gasteiger partial charge in [-0.3, -0.25) is 14.8 Å². The Balaban J connectivity index is 1.54. The fourth-order valence-electron chi connectivity index (χ4n) is 2.79. The minimum Gasteiger partial charge on any atom is -0.490 e. The number of pyridine rings is 1. The van der Waals surface area contributed by atoms with Gasteiger partial charge in [0.1, 0.15) is 12.4 Å². The van der Waals surface area contributed by atoms with E-state index in [-0.39, 0.29) is 5.91 Å². The third kappa shape index (κ3) is 4.84. The van der Waals surface area contributed by atoms with E-state index in [0.29, 0.717) is 29.8 Å². The van der Waals surface area contributed by atoms with Gasteiger partial charge in [-0.2, -0.15) is 0 Å². The number of thiophene rings is 1. The van der Waals surface area contributed by atoms with Crippen molar-refractivity contribution >= 4 is 51.2 Å². The Morgan fingerprint density at radius 1 is 1.24 bits per heavy atom. The molecule has 0 spiro atoms. The van der Waals surface area contributed by atoms with Crippen LogP contribution in [-0.2, 0) is 16.1 Å². The van der Waals surface area contributed by atoms with Crippen LogP contribution in [0.2, 0.25) is 0 Å². The number of fused-ring (bicyclic) bond motifs is 1. The molecule has 3 heterocycles. The summed E-state index contributed by atoms with van der Waals surface area (Å²) in [6.45, 7) is 1.54. The highest BCUT2D eigenvalue weighted by Gasteiger charge is 2.23. The molecule has 0 saturated carbocycles. The Hall–Kier alpha value is -2.68. The number of amides is 1. The maximum Gasteiger partial charge on any atom is 0.264 e. The van der Waals surface area contributed by atoms with Crippen LogP contribution < -0.4 is 10.1 Å². The van der Waals surface area contributed by atoms with Crippen molar-refractivity contribution in [3.63, 3.8) is 0 Å². The van der Waals surface area contributed by atoms with Crippen molar-refractivity contribution in [2.75, 3.05) is 20.3 Å². The number of amidine groups is 1. The molecule has 1 aliphatic heterocycles. The Morgan fingerprint density at radius 2 is 2.17 bits per heavy atom. The number of methoxy groups -OCH3 is 1. The Bertz CT molecular complexity index is 1080. The molecule has 0 unspecified atom stereocenters. The Labute approximate surface area is 176 Å². The first-order valence-electron chi connectivity index (χ1n) is 9.01. The topological polar surface area (TPSA) is 72.8 Å². The van der Waals surface area contributed by atoms with Crippen molar-refractivity contribution in [2.45, 2.75) is 6.54 Å². The molecule has 29 heavy (non-hydrogen) atoms. The molecule has 2 aromatic heterocycles. The fourth-order valence-corrected chi connectivity index (χ4v) is 4.24. The van der Waals surface area contributed by atoms with Gasteiger partial charge in [-0.15, -0.1) is 11.3 Å². The molecule has 8 heteroatoms. The van der Waals surface area contributed by atoms with Gasteiger partial charge in [-0.25, -0.2) is 0 Å². The third-order valence-corrected chi connectivity index (χ3v) is 5.99. The van der Waals surface area contributed by atoms with E-state index >= 15 is 0 Å². The van der Waals surface area contributed by atoms with Crippen LogP contribution in [0.1, 0.15) is 10.4 Å². The molecule has 6 nitrogen and oxygen atoms in total. The SMILES string of the molecule is COCCOc1ccnc2ccc(/C=C3\SC(=NCc4cccs4)NC3=O)cc12. The number of aromatic nitrogens is 1. The summed E-state index contributed by atoms with van der Waals surface area (Å²) in [4.78, 5) is 23.0. The van der Waals surface area contributed by atoms with E-state index in [0.717, 1.165) is 27.1 Å². The van der Waals surface area contributed by atoms with Crippen LogP contribution in [0, 0.1) is 0 Å². The lowest BCUT2D eigenvalue weighted by Gasteiger charge is -2.09. The average molecular weight is 426 g/mol. The highest BCUT2D eigenvalue weighted by molar-refractivity contribution is 8.18. The van der Waals surface area contributed by atoms with Crippen molar-refractivity contribution in [1.29, 1.82) is 0 Å². The lowest BCUT2D eigenvalue weighted by Crippen LogP contribution is -2.19. The third-order valence-electron chi connectivity index (χ3n) is 4.18. The molecule has 0 bridgehead atoms. The minimum absolute atomic E-state index is 0.136. The standard InChI is InChI=1S/C21H19N3O3S2/c1-26-8-9-27-18-6-7-22-17-5-4-14(11-16(17)18)12-19-20(25)24-21(29-19)23-13-15-3-2-10-28-15/h2-7,10-12H,8-9,13H2,1H3,(H,23,24,25)/b19-12-. The van der Waals surface area contributed by atoms with Gasteiger partial charge in [0.2, 0.25) is 0 Å². The second kappa shape index (κ2) is 9.21. The summed E-state index contributed by atoms with van der Waals surface area (Å²) >= 11 is 3.00. The van der Waals surface area contributed by atoms with E-state index in [4.69, 9.17) is 9.47 Å². The van der Waals surface area contributed by atoms with Gasteiger partial charge >= 0.3 is 0 Å². The van der Waals surface area contributed by atoms with Gasteiger partial charge in [0.25, 0.3) is 5.91 Å². The van der Waals surface area contributed by atoms with Crippen LogP contribution in [0.25, 0.3) is 17.0 Å². The normalized spacial score (nSPS) is 16.7. The van der Waals surface area contributed by atoms with E-state index in [9.17, 15) is 4.79 Å². The van der Waals surface area contributed by atoms with Crippen molar-refractivity contribution < 1.29 is 14.3 Å². The Kier molecular flexibility index (Phi) is 6.24. The van der Waals surface area contributed by atoms with E-state index in [1.807, 2.05) is 47.9 Å². The number of nitrogens with one attached hydrogen (secondary N) is 1. The van der Waals surface area contributed by atoms with Crippen molar-refractivity contribution in [1.82, 2.24) is 10.3 Å². The van der Waals surface area contributed by atoms with Crippen molar-refractivity contribution in [3.8, 4) is 5.75 Å². The minimum atomic E-state index is -0.136. The molecule has 1 fully saturated rings.